The second-order valence-corrected chi connectivity index (χ2v) is 6.66. The average molecular weight is 271 g/mol. The summed E-state index contributed by atoms with van der Waals surface area (Å²) in [6, 6.07) is 7.34. The summed E-state index contributed by atoms with van der Waals surface area (Å²) in [4.78, 5) is 1.58. The Kier molecular flexibility index (Phi) is 3.36. The topological polar surface area (TPSA) is 12.0 Å². The third kappa shape index (κ3) is 2.42. The van der Waals surface area contributed by atoms with Crippen LogP contribution in [0.25, 0.3) is 0 Å². The first-order valence-electron chi connectivity index (χ1n) is 7.06. The van der Waals surface area contributed by atoms with Crippen molar-refractivity contribution in [3.8, 4) is 0 Å². The van der Waals surface area contributed by atoms with E-state index in [4.69, 9.17) is 0 Å². The molecule has 1 aliphatic carbocycles. The van der Waals surface area contributed by atoms with Gasteiger partial charge in [0.1, 0.15) is 0 Å². The number of aryl methyl sites for hydroxylation is 4. The van der Waals surface area contributed by atoms with Crippen molar-refractivity contribution in [3.05, 3.63) is 50.7 Å². The van der Waals surface area contributed by atoms with Crippen LogP contribution in [0.1, 0.15) is 46.0 Å². The summed E-state index contributed by atoms with van der Waals surface area (Å²) in [5, 5.41) is 6.03. The van der Waals surface area contributed by atoms with Crippen molar-refractivity contribution in [2.75, 3.05) is 5.32 Å². The molecule has 1 unspecified atom stereocenters. The highest BCUT2D eigenvalue weighted by Crippen LogP contribution is 2.37. The van der Waals surface area contributed by atoms with E-state index in [1.807, 2.05) is 11.3 Å². The van der Waals surface area contributed by atoms with E-state index < -0.39 is 0 Å². The summed E-state index contributed by atoms with van der Waals surface area (Å²) in [6.45, 7) is 6.58. The number of fused-ring (bicyclic) bond motifs is 1. The predicted octanol–water partition coefficient (Wildman–Crippen LogP) is 5.16. The van der Waals surface area contributed by atoms with Gasteiger partial charge in [0, 0.05) is 10.6 Å². The quantitative estimate of drug-likeness (QED) is 0.795. The molecule has 3 rings (SSSR count). The van der Waals surface area contributed by atoms with Crippen molar-refractivity contribution in [1.82, 2.24) is 0 Å². The maximum atomic E-state index is 3.79. The molecule has 0 amide bonds. The van der Waals surface area contributed by atoms with Crippen molar-refractivity contribution in [1.29, 1.82) is 0 Å². The summed E-state index contributed by atoms with van der Waals surface area (Å²) >= 11 is 1.91. The van der Waals surface area contributed by atoms with Crippen molar-refractivity contribution >= 4 is 17.0 Å². The van der Waals surface area contributed by atoms with Crippen LogP contribution in [-0.4, -0.2) is 0 Å². The van der Waals surface area contributed by atoms with E-state index in [0.29, 0.717) is 6.04 Å². The summed E-state index contributed by atoms with van der Waals surface area (Å²) in [6.07, 6.45) is 3.81. The molecule has 0 radical (unpaired) electrons. The minimum Gasteiger partial charge on any atom is -0.378 e. The van der Waals surface area contributed by atoms with Gasteiger partial charge in [0.05, 0.1) is 6.04 Å². The molecule has 0 saturated heterocycles. The van der Waals surface area contributed by atoms with Gasteiger partial charge < -0.3 is 5.32 Å². The fourth-order valence-corrected chi connectivity index (χ4v) is 4.21. The van der Waals surface area contributed by atoms with Gasteiger partial charge in [-0.15, -0.1) is 11.3 Å². The van der Waals surface area contributed by atoms with Crippen LogP contribution in [0.2, 0.25) is 0 Å². The highest BCUT2D eigenvalue weighted by atomic mass is 32.1. The van der Waals surface area contributed by atoms with Gasteiger partial charge in [0.15, 0.2) is 0 Å². The lowest BCUT2D eigenvalue weighted by Crippen LogP contribution is -2.16. The summed E-state index contributed by atoms with van der Waals surface area (Å²) in [7, 11) is 0. The molecule has 1 aromatic heterocycles. The van der Waals surface area contributed by atoms with Gasteiger partial charge in [-0.1, -0.05) is 17.7 Å². The lowest BCUT2D eigenvalue weighted by atomic mass is 9.93. The van der Waals surface area contributed by atoms with E-state index in [1.165, 1.54) is 47.2 Å². The Morgan fingerprint density at radius 1 is 1.16 bits per heavy atom. The van der Waals surface area contributed by atoms with E-state index in [-0.39, 0.29) is 0 Å². The third-order valence-corrected chi connectivity index (χ3v) is 5.04. The first-order chi connectivity index (χ1) is 9.15. The fraction of sp³-hybridized carbons (Fsp3) is 0.412. The molecule has 0 fully saturated rings. The Hall–Kier alpha value is -1.28. The molecule has 100 valence electrons. The van der Waals surface area contributed by atoms with Crippen LogP contribution < -0.4 is 5.32 Å². The van der Waals surface area contributed by atoms with Crippen LogP contribution in [0.4, 0.5) is 5.69 Å². The highest BCUT2D eigenvalue weighted by Gasteiger charge is 2.21. The van der Waals surface area contributed by atoms with Gasteiger partial charge in [0.2, 0.25) is 0 Å². The minimum absolute atomic E-state index is 0.495. The lowest BCUT2D eigenvalue weighted by molar-refractivity contribution is 0.608. The number of rotatable bonds is 2. The van der Waals surface area contributed by atoms with Crippen LogP contribution >= 0.6 is 11.3 Å². The van der Waals surface area contributed by atoms with Gasteiger partial charge >= 0.3 is 0 Å². The van der Waals surface area contributed by atoms with Gasteiger partial charge in [-0.2, -0.15) is 0 Å². The zero-order valence-corrected chi connectivity index (χ0v) is 12.7. The zero-order valence-electron chi connectivity index (χ0n) is 11.9. The number of anilines is 1. The summed E-state index contributed by atoms with van der Waals surface area (Å²) in [5.41, 5.74) is 6.92. The van der Waals surface area contributed by atoms with E-state index >= 15 is 0 Å². The molecule has 1 nitrogen and oxygen atoms in total. The van der Waals surface area contributed by atoms with Crippen LogP contribution in [-0.2, 0) is 6.42 Å². The Bertz CT molecular complexity index is 574. The molecule has 0 saturated carbocycles. The lowest BCUT2D eigenvalue weighted by Gasteiger charge is -2.26. The Morgan fingerprint density at radius 2 is 1.89 bits per heavy atom. The Morgan fingerprint density at radius 3 is 2.63 bits per heavy atom. The maximum absolute atomic E-state index is 3.79. The molecule has 2 heteroatoms. The Balaban J connectivity index is 1.92. The second-order valence-electron chi connectivity index (χ2n) is 5.66. The number of hydrogen-bond donors (Lipinski definition) is 1. The van der Waals surface area contributed by atoms with Gasteiger partial charge in [-0.25, -0.2) is 0 Å². The number of nitrogens with one attached hydrogen (secondary N) is 1. The molecule has 0 aliphatic heterocycles. The van der Waals surface area contributed by atoms with Crippen LogP contribution in [0, 0.1) is 20.8 Å². The molecule has 1 aliphatic rings. The molecule has 0 bridgehead atoms. The number of benzene rings is 1. The molecule has 0 spiro atoms. The van der Waals surface area contributed by atoms with E-state index in [0.717, 1.165) is 0 Å². The average Bonchev–Trinajstić information content (AvgIpc) is 2.82. The molecule has 1 N–H and O–H groups in total. The van der Waals surface area contributed by atoms with Crippen molar-refractivity contribution in [2.45, 2.75) is 46.1 Å². The molecule has 1 atom stereocenters. The van der Waals surface area contributed by atoms with Crippen molar-refractivity contribution < 1.29 is 0 Å². The third-order valence-electron chi connectivity index (χ3n) is 4.05. The summed E-state index contributed by atoms with van der Waals surface area (Å²) in [5.74, 6) is 0. The second kappa shape index (κ2) is 5.01. The smallest absolute Gasteiger partial charge is 0.0525 e. The van der Waals surface area contributed by atoms with E-state index in [2.05, 4.69) is 49.7 Å². The largest absolute Gasteiger partial charge is 0.378 e. The molecule has 1 heterocycles. The van der Waals surface area contributed by atoms with Crippen LogP contribution in [0.15, 0.2) is 23.6 Å². The molecule has 1 aromatic carbocycles. The monoisotopic (exact) mass is 271 g/mol. The Labute approximate surface area is 119 Å². The molecular weight excluding hydrogens is 250 g/mol. The minimum atomic E-state index is 0.495. The van der Waals surface area contributed by atoms with Gasteiger partial charge in [0.25, 0.3) is 0 Å². The predicted molar refractivity (Wildman–Crippen MR) is 84.3 cm³/mol. The van der Waals surface area contributed by atoms with Gasteiger partial charge in [-0.3, -0.25) is 0 Å². The maximum Gasteiger partial charge on any atom is 0.0525 e. The first kappa shape index (κ1) is 12.7. The molecule has 19 heavy (non-hydrogen) atoms. The number of thiophene rings is 1. The van der Waals surface area contributed by atoms with E-state index in [1.54, 1.807) is 4.88 Å². The van der Waals surface area contributed by atoms with Crippen molar-refractivity contribution in [2.24, 2.45) is 0 Å². The fourth-order valence-electron chi connectivity index (χ4n) is 3.22. The van der Waals surface area contributed by atoms with Crippen LogP contribution in [0.5, 0.6) is 0 Å². The molecule has 2 aromatic rings. The van der Waals surface area contributed by atoms with Crippen molar-refractivity contribution in [3.63, 3.8) is 0 Å². The molecular formula is C17H21NS. The summed E-state index contributed by atoms with van der Waals surface area (Å²) < 4.78 is 0. The van der Waals surface area contributed by atoms with Crippen LogP contribution in [0.3, 0.4) is 0 Å². The van der Waals surface area contributed by atoms with Gasteiger partial charge in [-0.05, 0) is 68.2 Å². The standard InChI is InChI=1S/C17H21NS/c1-11-9-12(2)17(13(3)10-11)18-15-5-4-6-16-14(15)7-8-19-16/h7-10,15,18H,4-6H2,1-3H3. The SMILES string of the molecule is Cc1cc(C)c(NC2CCCc3sccc32)c(C)c1. The van der Waals surface area contributed by atoms with E-state index in [9.17, 15) is 0 Å². The highest BCUT2D eigenvalue weighted by molar-refractivity contribution is 7.10. The normalized spacial score (nSPS) is 18.2. The first-order valence-corrected chi connectivity index (χ1v) is 7.94. The zero-order chi connectivity index (χ0) is 13.4. The number of hydrogen-bond acceptors (Lipinski definition) is 2.